The molecular weight excluding hydrogens is 402 g/mol. The lowest BCUT2D eigenvalue weighted by Crippen LogP contribution is -2.35. The van der Waals surface area contributed by atoms with Crippen molar-refractivity contribution in [3.8, 4) is 5.75 Å². The number of methoxy groups -OCH3 is 1. The van der Waals surface area contributed by atoms with Crippen molar-refractivity contribution in [2.24, 2.45) is 0 Å². The van der Waals surface area contributed by atoms with Gasteiger partial charge in [-0.15, -0.1) is 0 Å². The second-order valence-corrected chi connectivity index (χ2v) is 6.75. The van der Waals surface area contributed by atoms with Gasteiger partial charge in [-0.05, 0) is 36.8 Å². The summed E-state index contributed by atoms with van der Waals surface area (Å²) in [7, 11) is 1.54. The first-order valence-electron chi connectivity index (χ1n) is 9.78. The molecule has 0 saturated heterocycles. The van der Waals surface area contributed by atoms with Crippen LogP contribution in [0.15, 0.2) is 46.1 Å². The number of hydrogen-bond donors (Lipinski definition) is 3. The molecule has 3 aromatic rings. The molecule has 0 fully saturated rings. The topological polar surface area (TPSA) is 135 Å². The Morgan fingerprint density at radius 2 is 1.71 bits per heavy atom. The minimum Gasteiger partial charge on any atom is -0.497 e. The molecule has 162 valence electrons. The number of amides is 2. The number of carbonyl (C=O) groups is 2. The summed E-state index contributed by atoms with van der Waals surface area (Å²) in [6.07, 6.45) is 2.01. The lowest BCUT2D eigenvalue weighted by atomic mass is 10.2. The summed E-state index contributed by atoms with van der Waals surface area (Å²) in [6.45, 7) is 2.70. The van der Waals surface area contributed by atoms with Crippen LogP contribution in [0.3, 0.4) is 0 Å². The zero-order valence-corrected chi connectivity index (χ0v) is 17.2. The molecule has 0 aliphatic rings. The highest BCUT2D eigenvalue weighted by Crippen LogP contribution is 2.11. The molecule has 0 unspecified atom stereocenters. The standard InChI is InChI=1S/C21H23N5O5/c1-3-10-26-17-16(20(29)25-21(26)30)11-14(12-24-17)19(28)23-9-8-22-18(27)13-4-6-15(31-2)7-5-13/h4-7,11-12H,3,8-10H2,1-2H3,(H,22,27)(H,23,28)(H,25,29,30). The van der Waals surface area contributed by atoms with Crippen LogP contribution in [0.2, 0.25) is 0 Å². The summed E-state index contributed by atoms with van der Waals surface area (Å²) in [6, 6.07) is 8.06. The normalized spacial score (nSPS) is 10.6. The van der Waals surface area contributed by atoms with Crippen LogP contribution in [-0.2, 0) is 6.54 Å². The van der Waals surface area contributed by atoms with E-state index < -0.39 is 17.2 Å². The largest absolute Gasteiger partial charge is 0.497 e. The quantitative estimate of drug-likeness (QED) is 0.454. The number of benzene rings is 1. The molecule has 1 aromatic carbocycles. The third kappa shape index (κ3) is 4.97. The van der Waals surface area contributed by atoms with Gasteiger partial charge in [0.1, 0.15) is 11.4 Å². The van der Waals surface area contributed by atoms with Crippen molar-refractivity contribution in [1.82, 2.24) is 25.2 Å². The summed E-state index contributed by atoms with van der Waals surface area (Å²) < 4.78 is 6.42. The number of aromatic amines is 1. The van der Waals surface area contributed by atoms with Gasteiger partial charge >= 0.3 is 5.69 Å². The molecular formula is C21H23N5O5. The van der Waals surface area contributed by atoms with Gasteiger partial charge in [0, 0.05) is 31.4 Å². The van der Waals surface area contributed by atoms with E-state index in [-0.39, 0.29) is 35.6 Å². The van der Waals surface area contributed by atoms with E-state index in [2.05, 4.69) is 20.6 Å². The zero-order chi connectivity index (χ0) is 22.4. The predicted molar refractivity (Wildman–Crippen MR) is 115 cm³/mol. The number of pyridine rings is 1. The van der Waals surface area contributed by atoms with Crippen molar-refractivity contribution in [3.63, 3.8) is 0 Å². The van der Waals surface area contributed by atoms with Crippen molar-refractivity contribution < 1.29 is 14.3 Å². The third-order valence-corrected chi connectivity index (χ3v) is 4.59. The number of aromatic nitrogens is 3. The molecule has 0 atom stereocenters. The van der Waals surface area contributed by atoms with E-state index in [9.17, 15) is 19.2 Å². The minimum atomic E-state index is -0.596. The zero-order valence-electron chi connectivity index (χ0n) is 17.2. The SMILES string of the molecule is CCCn1c(=O)[nH]c(=O)c2cc(C(=O)NCCNC(=O)c3ccc(OC)cc3)cnc21. The molecule has 31 heavy (non-hydrogen) atoms. The van der Waals surface area contributed by atoms with Crippen LogP contribution in [0, 0.1) is 0 Å². The highest BCUT2D eigenvalue weighted by atomic mass is 16.5. The second kappa shape index (κ2) is 9.70. The van der Waals surface area contributed by atoms with Gasteiger partial charge in [-0.25, -0.2) is 9.78 Å². The van der Waals surface area contributed by atoms with Crippen LogP contribution < -0.4 is 26.6 Å². The van der Waals surface area contributed by atoms with Gasteiger partial charge in [-0.3, -0.25) is 23.9 Å². The Labute approximate surface area is 177 Å². The van der Waals surface area contributed by atoms with Gasteiger partial charge in [-0.2, -0.15) is 0 Å². The van der Waals surface area contributed by atoms with Crippen molar-refractivity contribution in [1.29, 1.82) is 0 Å². The summed E-state index contributed by atoms with van der Waals surface area (Å²) >= 11 is 0. The first-order valence-corrected chi connectivity index (χ1v) is 9.78. The van der Waals surface area contributed by atoms with Crippen LogP contribution in [0.4, 0.5) is 0 Å². The highest BCUT2D eigenvalue weighted by Gasteiger charge is 2.13. The Morgan fingerprint density at radius 3 is 2.32 bits per heavy atom. The molecule has 0 radical (unpaired) electrons. The number of H-pyrrole nitrogens is 1. The summed E-state index contributed by atoms with van der Waals surface area (Å²) in [5, 5.41) is 5.53. The van der Waals surface area contributed by atoms with Gasteiger partial charge in [0.2, 0.25) is 0 Å². The molecule has 10 heteroatoms. The summed E-state index contributed by atoms with van der Waals surface area (Å²) in [5.74, 6) is -0.0659. The van der Waals surface area contributed by atoms with Gasteiger partial charge in [0.15, 0.2) is 0 Å². The minimum absolute atomic E-state index is 0.161. The van der Waals surface area contributed by atoms with Gasteiger partial charge < -0.3 is 15.4 Å². The van der Waals surface area contributed by atoms with Gasteiger partial charge in [-0.1, -0.05) is 6.92 Å². The molecule has 10 nitrogen and oxygen atoms in total. The number of carbonyl (C=O) groups excluding carboxylic acids is 2. The van der Waals surface area contributed by atoms with Crippen LogP contribution in [-0.4, -0.2) is 46.5 Å². The molecule has 0 bridgehead atoms. The van der Waals surface area contributed by atoms with E-state index >= 15 is 0 Å². The molecule has 3 N–H and O–H groups in total. The fourth-order valence-corrected chi connectivity index (χ4v) is 3.02. The van der Waals surface area contributed by atoms with E-state index in [0.717, 1.165) is 0 Å². The van der Waals surface area contributed by atoms with Crippen LogP contribution in [0.5, 0.6) is 5.75 Å². The smallest absolute Gasteiger partial charge is 0.329 e. The Morgan fingerprint density at radius 1 is 1.06 bits per heavy atom. The average Bonchev–Trinajstić information content (AvgIpc) is 2.79. The molecule has 2 aromatic heterocycles. The Kier molecular flexibility index (Phi) is 6.81. The monoisotopic (exact) mass is 425 g/mol. The van der Waals surface area contributed by atoms with Crippen molar-refractivity contribution >= 4 is 22.8 Å². The third-order valence-electron chi connectivity index (χ3n) is 4.59. The number of fused-ring (bicyclic) bond motifs is 1. The van der Waals surface area contributed by atoms with Crippen LogP contribution in [0.25, 0.3) is 11.0 Å². The number of hydrogen-bond acceptors (Lipinski definition) is 6. The molecule has 2 heterocycles. The number of aryl methyl sites for hydroxylation is 1. The second-order valence-electron chi connectivity index (χ2n) is 6.75. The fourth-order valence-electron chi connectivity index (χ4n) is 3.02. The van der Waals surface area contributed by atoms with E-state index in [1.807, 2.05) is 6.92 Å². The lowest BCUT2D eigenvalue weighted by molar-refractivity contribution is 0.0927. The number of nitrogens with one attached hydrogen (secondary N) is 3. The predicted octanol–water partition coefficient (Wildman–Crippen LogP) is 0.663. The van der Waals surface area contributed by atoms with Gasteiger partial charge in [0.25, 0.3) is 17.4 Å². The van der Waals surface area contributed by atoms with Crippen LogP contribution in [0.1, 0.15) is 34.1 Å². The van der Waals surface area contributed by atoms with E-state index in [1.54, 1.807) is 31.4 Å². The number of nitrogens with zero attached hydrogens (tertiary/aromatic N) is 2. The number of ether oxygens (including phenoxy) is 1. The van der Waals surface area contributed by atoms with Crippen molar-refractivity contribution in [2.75, 3.05) is 20.2 Å². The Hall–Kier alpha value is -3.95. The highest BCUT2D eigenvalue weighted by molar-refractivity contribution is 5.97. The summed E-state index contributed by atoms with van der Waals surface area (Å²) in [4.78, 5) is 55.0. The maximum Gasteiger partial charge on any atom is 0.329 e. The molecule has 3 rings (SSSR count). The fraction of sp³-hybridized carbons (Fsp3) is 0.286. The maximum atomic E-state index is 12.4. The first-order chi connectivity index (χ1) is 14.9. The van der Waals surface area contributed by atoms with E-state index in [1.165, 1.54) is 16.8 Å². The van der Waals surface area contributed by atoms with Gasteiger partial charge in [0.05, 0.1) is 18.1 Å². The van der Waals surface area contributed by atoms with Crippen molar-refractivity contribution in [2.45, 2.75) is 19.9 Å². The lowest BCUT2D eigenvalue weighted by Gasteiger charge is -2.10. The summed E-state index contributed by atoms with van der Waals surface area (Å²) in [5.41, 5.74) is -0.235. The maximum absolute atomic E-state index is 12.4. The molecule has 0 aliphatic carbocycles. The first kappa shape index (κ1) is 21.8. The molecule has 0 saturated carbocycles. The van der Waals surface area contributed by atoms with E-state index in [4.69, 9.17) is 4.74 Å². The van der Waals surface area contributed by atoms with Crippen molar-refractivity contribution in [3.05, 3.63) is 68.5 Å². The Bertz CT molecular complexity index is 1210. The molecule has 0 spiro atoms. The molecule has 0 aliphatic heterocycles. The average molecular weight is 425 g/mol. The van der Waals surface area contributed by atoms with E-state index in [0.29, 0.717) is 24.3 Å². The van der Waals surface area contributed by atoms with Crippen LogP contribution >= 0.6 is 0 Å². The molecule has 2 amide bonds. The Balaban J connectivity index is 1.62. The number of rotatable bonds is 8.